The third kappa shape index (κ3) is 5.15. The van der Waals surface area contributed by atoms with Gasteiger partial charge in [0.25, 0.3) is 5.89 Å². The Bertz CT molecular complexity index is 1300. The molecule has 1 unspecified atom stereocenters. The van der Waals surface area contributed by atoms with Crippen molar-refractivity contribution in [3.05, 3.63) is 65.3 Å². The molecule has 0 spiro atoms. The monoisotopic (exact) mass is 526 g/mol. The summed E-state index contributed by atoms with van der Waals surface area (Å²) in [6, 6.07) is 8.63. The van der Waals surface area contributed by atoms with Crippen LogP contribution in [0.3, 0.4) is 0 Å². The maximum Gasteiger partial charge on any atom is 0.410 e. The summed E-state index contributed by atoms with van der Waals surface area (Å²) in [6.45, 7) is 11.6. The normalized spacial score (nSPS) is 17.2. The van der Waals surface area contributed by atoms with Crippen molar-refractivity contribution < 1.29 is 28.7 Å². The lowest BCUT2D eigenvalue weighted by Crippen LogP contribution is -2.70. The lowest BCUT2D eigenvalue weighted by atomic mass is 9.70. The number of aromatic nitrogens is 3. The number of pyridine rings is 1. The largest absolute Gasteiger partial charge is 0.444 e. The van der Waals surface area contributed by atoms with Gasteiger partial charge in [0, 0.05) is 23.5 Å². The smallest absolute Gasteiger partial charge is 0.410 e. The summed E-state index contributed by atoms with van der Waals surface area (Å²) >= 11 is 0. The molecule has 0 bridgehead atoms. The van der Waals surface area contributed by atoms with Gasteiger partial charge in [-0.2, -0.15) is 4.98 Å². The summed E-state index contributed by atoms with van der Waals surface area (Å²) in [4.78, 5) is 22.3. The zero-order valence-electron chi connectivity index (χ0n) is 22.8. The summed E-state index contributed by atoms with van der Waals surface area (Å²) in [6.07, 6.45) is 2.19. The van der Waals surface area contributed by atoms with E-state index in [2.05, 4.69) is 15.1 Å². The van der Waals surface area contributed by atoms with E-state index in [1.165, 1.54) is 31.1 Å². The van der Waals surface area contributed by atoms with Gasteiger partial charge in [0.05, 0.1) is 13.1 Å². The number of hydrogen-bond donors (Lipinski definition) is 2. The number of amides is 1. The lowest BCUT2D eigenvalue weighted by molar-refractivity contribution is -0.155. The highest BCUT2D eigenvalue weighted by Gasteiger charge is 2.62. The Morgan fingerprint density at radius 1 is 1.08 bits per heavy atom. The van der Waals surface area contributed by atoms with Crippen LogP contribution in [0.25, 0.3) is 11.4 Å². The first kappa shape index (κ1) is 27.7. The Hall–Kier alpha value is -3.37. The molecule has 0 aliphatic carbocycles. The highest BCUT2D eigenvalue weighted by molar-refractivity contribution is 5.70. The van der Waals surface area contributed by atoms with Gasteiger partial charge in [-0.25, -0.2) is 9.18 Å². The highest BCUT2D eigenvalue weighted by atomic mass is 19.1. The fraction of sp³-hybridized carbons (Fsp3) is 0.500. The second kappa shape index (κ2) is 9.43. The predicted molar refractivity (Wildman–Crippen MR) is 138 cm³/mol. The third-order valence-corrected chi connectivity index (χ3v) is 6.54. The standard InChI is InChI=1S/C28H35FN4O5/c1-17(2)18-8-10-20(11-9-18)28(36,27(29)15-33(16-27)24(34)37-25(3,4)5)21-12-19(13-30-14-21)22-31-23(38-32-22)26(6,7)35/h8-14,17,35-36H,15-16H2,1-7H3. The predicted octanol–water partition coefficient (Wildman–Crippen LogP) is 4.68. The Labute approximate surface area is 221 Å². The zero-order chi connectivity index (χ0) is 28.1. The van der Waals surface area contributed by atoms with Crippen LogP contribution in [-0.2, 0) is 15.9 Å². The Kier molecular flexibility index (Phi) is 6.86. The molecule has 1 atom stereocenters. The molecule has 204 valence electrons. The Balaban J connectivity index is 1.75. The first-order chi connectivity index (χ1) is 17.5. The molecule has 38 heavy (non-hydrogen) atoms. The molecule has 3 aromatic rings. The third-order valence-electron chi connectivity index (χ3n) is 6.54. The Morgan fingerprint density at radius 3 is 2.24 bits per heavy atom. The van der Waals surface area contributed by atoms with Gasteiger partial charge in [0.15, 0.2) is 11.3 Å². The van der Waals surface area contributed by atoms with E-state index in [0.29, 0.717) is 11.1 Å². The molecule has 1 saturated heterocycles. The number of likely N-dealkylation sites (tertiary alicyclic amines) is 1. The molecule has 1 aliphatic rings. The lowest BCUT2D eigenvalue weighted by Gasteiger charge is -2.52. The number of rotatable bonds is 6. The first-order valence-corrected chi connectivity index (χ1v) is 12.6. The molecule has 9 nitrogen and oxygen atoms in total. The Morgan fingerprint density at radius 2 is 1.71 bits per heavy atom. The number of alkyl halides is 1. The number of aliphatic hydroxyl groups is 2. The van der Waals surface area contributed by atoms with Crippen molar-refractivity contribution in [3.8, 4) is 11.4 Å². The number of benzene rings is 1. The molecular weight excluding hydrogens is 491 g/mol. The second-order valence-electron chi connectivity index (χ2n) is 11.7. The van der Waals surface area contributed by atoms with Crippen molar-refractivity contribution in [1.29, 1.82) is 0 Å². The summed E-state index contributed by atoms with van der Waals surface area (Å²) in [5.41, 5.74) is -4.61. The highest BCUT2D eigenvalue weighted by Crippen LogP contribution is 2.48. The number of carbonyl (C=O) groups is 1. The van der Waals surface area contributed by atoms with Crippen molar-refractivity contribution >= 4 is 6.09 Å². The van der Waals surface area contributed by atoms with E-state index in [-0.39, 0.29) is 36.3 Å². The molecule has 1 fully saturated rings. The van der Waals surface area contributed by atoms with Crippen LogP contribution in [0.2, 0.25) is 0 Å². The average molecular weight is 527 g/mol. The summed E-state index contributed by atoms with van der Waals surface area (Å²) < 4.78 is 27.3. The van der Waals surface area contributed by atoms with E-state index in [0.717, 1.165) is 5.56 Å². The first-order valence-electron chi connectivity index (χ1n) is 12.6. The van der Waals surface area contributed by atoms with Gasteiger partial charge in [-0.15, -0.1) is 0 Å². The van der Waals surface area contributed by atoms with Crippen LogP contribution in [0.5, 0.6) is 0 Å². The summed E-state index contributed by atoms with van der Waals surface area (Å²) in [5, 5.41) is 26.3. The fourth-order valence-corrected chi connectivity index (χ4v) is 4.39. The number of nitrogens with zero attached hydrogens (tertiary/aromatic N) is 4. The molecule has 2 N–H and O–H groups in total. The average Bonchev–Trinajstić information content (AvgIpc) is 3.31. The summed E-state index contributed by atoms with van der Waals surface area (Å²) in [5.74, 6) is 0.383. The van der Waals surface area contributed by atoms with Gasteiger partial charge in [-0.3, -0.25) is 4.98 Å². The van der Waals surface area contributed by atoms with E-state index in [4.69, 9.17) is 9.26 Å². The molecular formula is C28H35FN4O5. The molecule has 1 aromatic carbocycles. The van der Waals surface area contributed by atoms with Crippen molar-refractivity contribution in [3.63, 3.8) is 0 Å². The number of carbonyl (C=O) groups excluding carboxylic acids is 1. The molecule has 3 heterocycles. The van der Waals surface area contributed by atoms with Crippen LogP contribution < -0.4 is 0 Å². The number of hydrogen-bond acceptors (Lipinski definition) is 8. The zero-order valence-corrected chi connectivity index (χ0v) is 22.8. The molecule has 2 aromatic heterocycles. The van der Waals surface area contributed by atoms with Gasteiger partial charge >= 0.3 is 6.09 Å². The van der Waals surface area contributed by atoms with E-state index in [9.17, 15) is 15.0 Å². The maximum absolute atomic E-state index is 16.7. The molecule has 0 radical (unpaired) electrons. The van der Waals surface area contributed by atoms with Gasteiger partial charge in [0.2, 0.25) is 5.82 Å². The van der Waals surface area contributed by atoms with E-state index >= 15 is 4.39 Å². The van der Waals surface area contributed by atoms with Crippen LogP contribution in [0.1, 0.15) is 77.0 Å². The minimum absolute atomic E-state index is 0.00592. The van der Waals surface area contributed by atoms with E-state index in [1.54, 1.807) is 39.0 Å². The van der Waals surface area contributed by atoms with Crippen molar-refractivity contribution in [1.82, 2.24) is 20.0 Å². The van der Waals surface area contributed by atoms with Crippen LogP contribution in [0.15, 0.2) is 47.2 Å². The molecule has 10 heteroatoms. The topological polar surface area (TPSA) is 122 Å². The van der Waals surface area contributed by atoms with Crippen LogP contribution in [0.4, 0.5) is 9.18 Å². The van der Waals surface area contributed by atoms with Gasteiger partial charge in [-0.05, 0) is 57.7 Å². The van der Waals surface area contributed by atoms with E-state index < -0.39 is 28.6 Å². The van der Waals surface area contributed by atoms with E-state index in [1.807, 2.05) is 26.0 Å². The fourth-order valence-electron chi connectivity index (χ4n) is 4.39. The second-order valence-corrected chi connectivity index (χ2v) is 11.7. The number of ether oxygens (including phenoxy) is 1. The molecule has 1 aliphatic heterocycles. The minimum atomic E-state index is -2.24. The van der Waals surface area contributed by atoms with Crippen molar-refractivity contribution in [2.45, 2.75) is 76.9 Å². The number of halogens is 1. The molecule has 4 rings (SSSR count). The SMILES string of the molecule is CC(C)c1ccc(C(O)(c2cncc(-c3noc(C(C)(C)O)n3)c2)C2(F)CN(C(=O)OC(C)(C)C)C2)cc1. The van der Waals surface area contributed by atoms with Gasteiger partial charge in [0.1, 0.15) is 11.2 Å². The van der Waals surface area contributed by atoms with Crippen molar-refractivity contribution in [2.24, 2.45) is 0 Å². The molecule has 1 amide bonds. The molecule has 0 saturated carbocycles. The van der Waals surface area contributed by atoms with Gasteiger partial charge < -0.3 is 24.4 Å². The van der Waals surface area contributed by atoms with Crippen LogP contribution in [-0.4, -0.2) is 60.7 Å². The summed E-state index contributed by atoms with van der Waals surface area (Å²) in [7, 11) is 0. The van der Waals surface area contributed by atoms with Crippen LogP contribution in [0, 0.1) is 0 Å². The minimum Gasteiger partial charge on any atom is -0.444 e. The quantitative estimate of drug-likeness (QED) is 0.475. The van der Waals surface area contributed by atoms with Crippen LogP contribution >= 0.6 is 0 Å². The van der Waals surface area contributed by atoms with Crippen molar-refractivity contribution in [2.75, 3.05) is 13.1 Å². The van der Waals surface area contributed by atoms with Gasteiger partial charge in [-0.1, -0.05) is 43.3 Å². The maximum atomic E-state index is 16.7.